The summed E-state index contributed by atoms with van der Waals surface area (Å²) < 4.78 is 21.5. The number of rotatable bonds is 6. The number of benzene rings is 1. The summed E-state index contributed by atoms with van der Waals surface area (Å²) in [5, 5.41) is 30.2. The van der Waals surface area contributed by atoms with Gasteiger partial charge in [-0.15, -0.1) is 0 Å². The summed E-state index contributed by atoms with van der Waals surface area (Å²) in [6.07, 6.45) is -5.11. The molecule has 7 nitrogen and oxygen atoms in total. The molecule has 0 amide bonds. The van der Waals surface area contributed by atoms with Crippen LogP contribution in [0.15, 0.2) is 24.3 Å². The van der Waals surface area contributed by atoms with Crippen LogP contribution < -0.4 is 4.74 Å². The highest BCUT2D eigenvalue weighted by Crippen LogP contribution is 2.25. The van der Waals surface area contributed by atoms with Gasteiger partial charge in [-0.25, -0.2) is 0 Å². The Morgan fingerprint density at radius 2 is 1.92 bits per heavy atom. The highest BCUT2D eigenvalue weighted by Gasteiger charge is 2.47. The molecule has 1 fully saturated rings. The maximum absolute atomic E-state index is 10.3. The van der Waals surface area contributed by atoms with Crippen LogP contribution in [0.25, 0.3) is 0 Å². The van der Waals surface area contributed by atoms with Gasteiger partial charge in [-0.05, 0) is 30.7 Å². The summed E-state index contributed by atoms with van der Waals surface area (Å²) in [4.78, 5) is 0. The Bertz CT molecular complexity index is 556. The first-order chi connectivity index (χ1) is 12.0. The van der Waals surface area contributed by atoms with Gasteiger partial charge in [0.25, 0.3) is 0 Å². The Labute approximate surface area is 156 Å². The SMILES string of the molecule is CCCO[C@H]1O[C@H](CO)[C@H](O)[C@H](OC(=S)Oc2ccc(Cl)cc2)[C@H]1O. The normalized spacial score (nSPS) is 29.2. The van der Waals surface area contributed by atoms with Crippen LogP contribution in [0.3, 0.4) is 0 Å². The largest absolute Gasteiger partial charge is 0.447 e. The van der Waals surface area contributed by atoms with Crippen molar-refractivity contribution in [3.05, 3.63) is 29.3 Å². The van der Waals surface area contributed by atoms with Crippen LogP contribution in [0, 0.1) is 0 Å². The van der Waals surface area contributed by atoms with Crippen molar-refractivity contribution in [2.24, 2.45) is 0 Å². The first-order valence-electron chi connectivity index (χ1n) is 7.84. The number of aliphatic hydroxyl groups excluding tert-OH is 3. The van der Waals surface area contributed by atoms with E-state index < -0.39 is 37.3 Å². The van der Waals surface area contributed by atoms with Crippen LogP contribution in [0.4, 0.5) is 0 Å². The topological polar surface area (TPSA) is 97.6 Å². The minimum absolute atomic E-state index is 0.293. The quantitative estimate of drug-likeness (QED) is 0.622. The first kappa shape index (κ1) is 20.3. The fourth-order valence-electron chi connectivity index (χ4n) is 2.30. The molecule has 140 valence electrons. The zero-order chi connectivity index (χ0) is 18.4. The van der Waals surface area contributed by atoms with Gasteiger partial charge in [-0.1, -0.05) is 18.5 Å². The van der Waals surface area contributed by atoms with Crippen LogP contribution in [0.2, 0.25) is 5.02 Å². The van der Waals surface area contributed by atoms with Crippen LogP contribution in [0.1, 0.15) is 13.3 Å². The highest BCUT2D eigenvalue weighted by molar-refractivity contribution is 7.79. The van der Waals surface area contributed by atoms with Crippen molar-refractivity contribution in [1.29, 1.82) is 0 Å². The molecule has 25 heavy (non-hydrogen) atoms. The lowest BCUT2D eigenvalue weighted by Gasteiger charge is -2.41. The van der Waals surface area contributed by atoms with E-state index in [1.54, 1.807) is 24.3 Å². The van der Waals surface area contributed by atoms with E-state index in [1.807, 2.05) is 6.92 Å². The molecule has 0 spiro atoms. The molecule has 1 aromatic rings. The molecular weight excluding hydrogens is 372 g/mol. The molecule has 1 heterocycles. The number of hydrogen-bond donors (Lipinski definition) is 3. The van der Waals surface area contributed by atoms with Gasteiger partial charge in [-0.2, -0.15) is 0 Å². The molecule has 0 aromatic heterocycles. The van der Waals surface area contributed by atoms with Crippen LogP contribution in [0.5, 0.6) is 5.75 Å². The lowest BCUT2D eigenvalue weighted by atomic mass is 9.99. The summed E-state index contributed by atoms with van der Waals surface area (Å²) in [6, 6.07) is 6.43. The fourth-order valence-corrected chi connectivity index (χ4v) is 2.63. The Morgan fingerprint density at radius 1 is 1.24 bits per heavy atom. The molecule has 2 rings (SSSR count). The molecule has 0 bridgehead atoms. The average Bonchev–Trinajstić information content (AvgIpc) is 2.60. The van der Waals surface area contributed by atoms with Crippen molar-refractivity contribution in [1.82, 2.24) is 0 Å². The van der Waals surface area contributed by atoms with Gasteiger partial charge in [0.2, 0.25) is 0 Å². The molecule has 0 aliphatic carbocycles. The molecule has 1 saturated heterocycles. The summed E-state index contributed by atoms with van der Waals surface area (Å²) in [6.45, 7) is 1.77. The second-order valence-corrected chi connectivity index (χ2v) is 6.24. The van der Waals surface area contributed by atoms with Crippen molar-refractivity contribution in [2.45, 2.75) is 44.1 Å². The van der Waals surface area contributed by atoms with E-state index in [4.69, 9.17) is 42.8 Å². The minimum atomic E-state index is -1.31. The van der Waals surface area contributed by atoms with Gasteiger partial charge in [0.05, 0.1) is 6.61 Å². The van der Waals surface area contributed by atoms with Gasteiger partial charge in [0, 0.05) is 23.8 Å². The third-order valence-electron chi connectivity index (χ3n) is 3.56. The van der Waals surface area contributed by atoms with Gasteiger partial charge in [0.1, 0.15) is 24.1 Å². The van der Waals surface area contributed by atoms with E-state index in [2.05, 4.69) is 0 Å². The molecule has 0 unspecified atom stereocenters. The van der Waals surface area contributed by atoms with Crippen molar-refractivity contribution in [3.63, 3.8) is 0 Å². The second kappa shape index (κ2) is 9.63. The predicted octanol–water partition coefficient (Wildman–Crippen LogP) is 1.25. The molecule has 0 saturated carbocycles. The van der Waals surface area contributed by atoms with Gasteiger partial charge in [0.15, 0.2) is 12.4 Å². The van der Waals surface area contributed by atoms with E-state index in [9.17, 15) is 15.3 Å². The Balaban J connectivity index is 2.02. The monoisotopic (exact) mass is 392 g/mol. The number of aliphatic hydroxyl groups is 3. The predicted molar refractivity (Wildman–Crippen MR) is 93.6 cm³/mol. The summed E-state index contributed by atoms with van der Waals surface area (Å²) in [5.41, 5.74) is 0. The lowest BCUT2D eigenvalue weighted by molar-refractivity contribution is -0.299. The average molecular weight is 393 g/mol. The van der Waals surface area contributed by atoms with Crippen LogP contribution in [-0.2, 0) is 14.2 Å². The van der Waals surface area contributed by atoms with E-state index in [0.717, 1.165) is 0 Å². The van der Waals surface area contributed by atoms with Gasteiger partial charge in [-0.3, -0.25) is 0 Å². The minimum Gasteiger partial charge on any atom is -0.447 e. The van der Waals surface area contributed by atoms with Crippen molar-refractivity contribution in [3.8, 4) is 5.75 Å². The Hall–Kier alpha value is -1.00. The number of ether oxygens (including phenoxy) is 4. The maximum Gasteiger partial charge on any atom is 0.358 e. The molecule has 9 heteroatoms. The summed E-state index contributed by atoms with van der Waals surface area (Å²) in [7, 11) is 0. The fraction of sp³-hybridized carbons (Fsp3) is 0.562. The zero-order valence-electron chi connectivity index (χ0n) is 13.6. The lowest BCUT2D eigenvalue weighted by Crippen LogP contribution is -2.60. The van der Waals surface area contributed by atoms with Crippen molar-refractivity contribution < 1.29 is 34.3 Å². The third kappa shape index (κ3) is 5.49. The smallest absolute Gasteiger partial charge is 0.358 e. The third-order valence-corrected chi connectivity index (χ3v) is 3.99. The summed E-state index contributed by atoms with van der Waals surface area (Å²) >= 11 is 10.8. The second-order valence-electron chi connectivity index (χ2n) is 5.47. The maximum atomic E-state index is 10.3. The molecule has 1 aliphatic rings. The Kier molecular flexibility index (Phi) is 7.82. The molecule has 3 N–H and O–H groups in total. The molecular formula is C16H21ClO7S. The van der Waals surface area contributed by atoms with E-state index in [1.165, 1.54) is 0 Å². The number of thiocarbonyl (C=S) groups is 1. The van der Waals surface area contributed by atoms with E-state index in [-0.39, 0.29) is 5.24 Å². The van der Waals surface area contributed by atoms with Gasteiger partial charge >= 0.3 is 5.24 Å². The zero-order valence-corrected chi connectivity index (χ0v) is 15.2. The molecule has 5 atom stereocenters. The molecule has 0 radical (unpaired) electrons. The van der Waals surface area contributed by atoms with Gasteiger partial charge < -0.3 is 34.3 Å². The van der Waals surface area contributed by atoms with Crippen molar-refractivity contribution >= 4 is 29.1 Å². The molecule has 1 aromatic carbocycles. The molecule has 1 aliphatic heterocycles. The van der Waals surface area contributed by atoms with Crippen molar-refractivity contribution in [2.75, 3.05) is 13.2 Å². The van der Waals surface area contributed by atoms with E-state index >= 15 is 0 Å². The Morgan fingerprint density at radius 3 is 2.52 bits per heavy atom. The number of halogens is 1. The van der Waals surface area contributed by atoms with Crippen LogP contribution in [-0.4, -0.2) is 64.5 Å². The standard InChI is InChI=1S/C16H21ClO7S/c1-2-7-21-15-13(20)14(12(19)11(8-18)23-15)24-16(25)22-10-5-3-9(17)4-6-10/h3-6,11-15,18-20H,2,7-8H2,1H3/t11-,12+,13-,14+,15+/m1/s1. The summed E-state index contributed by atoms with van der Waals surface area (Å²) in [5.74, 6) is 0.392. The van der Waals surface area contributed by atoms with Crippen LogP contribution >= 0.6 is 23.8 Å². The number of hydrogen-bond acceptors (Lipinski definition) is 8. The highest BCUT2D eigenvalue weighted by atomic mass is 35.5. The van der Waals surface area contributed by atoms with E-state index in [0.29, 0.717) is 23.8 Å². The first-order valence-corrected chi connectivity index (χ1v) is 8.63.